The molecule has 0 spiro atoms. The Hall–Kier alpha value is -3.42. The highest BCUT2D eigenvalue weighted by Crippen LogP contribution is 2.20. The van der Waals surface area contributed by atoms with Crippen LogP contribution in [0.4, 0.5) is 0 Å². The molecule has 1 aliphatic rings. The average molecular weight is 611 g/mol. The second kappa shape index (κ2) is 16.1. The molecule has 0 unspecified atom stereocenters. The highest BCUT2D eigenvalue weighted by molar-refractivity contribution is 7.89. The fourth-order valence-electron chi connectivity index (χ4n) is 4.65. The number of fused-ring (bicyclic) bond motifs is 1. The van der Waals surface area contributed by atoms with E-state index in [0.717, 1.165) is 36.2 Å². The highest BCUT2D eigenvalue weighted by atomic mass is 35.5. The van der Waals surface area contributed by atoms with Crippen LogP contribution in [0.2, 0.25) is 0 Å². The Balaban J connectivity index is 0.00000588. The first-order valence-corrected chi connectivity index (χ1v) is 14.9. The number of carbonyl (C=O) groups excluding carboxylic acids is 2. The van der Waals surface area contributed by atoms with Crippen LogP contribution in [0.15, 0.2) is 52.5 Å². The SMILES string of the molecule is CCCCN(CC(=O)O)C(=O)[C@H](CC(=O)NCC1CCN(C=NN)CC1)NS(=O)(=O)c1ccc2ccccc2c1.Cl. The number of hydrogen-bond donors (Lipinski definition) is 4. The number of amides is 2. The Labute approximate surface area is 246 Å². The molecule has 14 heteroatoms. The minimum absolute atomic E-state index is 0. The summed E-state index contributed by atoms with van der Waals surface area (Å²) < 4.78 is 29.1. The Morgan fingerprint density at radius 2 is 1.85 bits per heavy atom. The van der Waals surface area contributed by atoms with Gasteiger partial charge in [-0.3, -0.25) is 14.4 Å². The van der Waals surface area contributed by atoms with E-state index in [1.807, 2.05) is 24.0 Å². The van der Waals surface area contributed by atoms with Gasteiger partial charge in [-0.05, 0) is 48.1 Å². The van der Waals surface area contributed by atoms with E-state index < -0.39 is 46.8 Å². The monoisotopic (exact) mass is 610 g/mol. The van der Waals surface area contributed by atoms with Crippen LogP contribution in [0.5, 0.6) is 0 Å². The van der Waals surface area contributed by atoms with Crippen molar-refractivity contribution < 1.29 is 27.9 Å². The number of likely N-dealkylation sites (tertiary alicyclic amines) is 1. The summed E-state index contributed by atoms with van der Waals surface area (Å²) in [6.45, 7) is 3.29. The zero-order valence-corrected chi connectivity index (χ0v) is 24.7. The van der Waals surface area contributed by atoms with Crippen LogP contribution in [0.3, 0.4) is 0 Å². The number of carbonyl (C=O) groups is 3. The molecule has 41 heavy (non-hydrogen) atoms. The summed E-state index contributed by atoms with van der Waals surface area (Å²) in [4.78, 5) is 40.9. The van der Waals surface area contributed by atoms with E-state index in [9.17, 15) is 27.9 Å². The van der Waals surface area contributed by atoms with Gasteiger partial charge in [0, 0.05) is 26.2 Å². The van der Waals surface area contributed by atoms with Crippen molar-refractivity contribution in [1.29, 1.82) is 0 Å². The number of sulfonamides is 1. The molecule has 0 aliphatic carbocycles. The lowest BCUT2D eigenvalue weighted by atomic mass is 9.97. The first-order chi connectivity index (χ1) is 19.1. The van der Waals surface area contributed by atoms with Crippen molar-refractivity contribution in [3.63, 3.8) is 0 Å². The summed E-state index contributed by atoms with van der Waals surface area (Å²) in [6.07, 6.45) is 3.97. The molecule has 2 aromatic carbocycles. The fraction of sp³-hybridized carbons (Fsp3) is 0.481. The molecular weight excluding hydrogens is 572 g/mol. The topological polar surface area (TPSA) is 174 Å². The van der Waals surface area contributed by atoms with Gasteiger partial charge in [-0.25, -0.2) is 8.42 Å². The number of aliphatic carboxylic acids is 1. The van der Waals surface area contributed by atoms with Crippen molar-refractivity contribution in [2.75, 3.05) is 32.7 Å². The zero-order valence-electron chi connectivity index (χ0n) is 23.1. The van der Waals surface area contributed by atoms with Crippen LogP contribution < -0.4 is 15.9 Å². The maximum Gasteiger partial charge on any atom is 0.323 e. The zero-order chi connectivity index (χ0) is 29.1. The highest BCUT2D eigenvalue weighted by Gasteiger charge is 2.32. The molecule has 1 saturated heterocycles. The summed E-state index contributed by atoms with van der Waals surface area (Å²) in [6, 6.07) is 10.4. The van der Waals surface area contributed by atoms with E-state index in [-0.39, 0.29) is 29.8 Å². The van der Waals surface area contributed by atoms with Crippen molar-refractivity contribution in [2.24, 2.45) is 16.9 Å². The van der Waals surface area contributed by atoms with Crippen molar-refractivity contribution in [2.45, 2.75) is 50.0 Å². The van der Waals surface area contributed by atoms with Gasteiger partial charge in [0.2, 0.25) is 21.8 Å². The van der Waals surface area contributed by atoms with Crippen LogP contribution in [0, 0.1) is 5.92 Å². The van der Waals surface area contributed by atoms with Crippen molar-refractivity contribution in [3.8, 4) is 0 Å². The van der Waals surface area contributed by atoms with Crippen molar-refractivity contribution >= 4 is 57.3 Å². The van der Waals surface area contributed by atoms with Gasteiger partial charge in [-0.2, -0.15) is 9.82 Å². The van der Waals surface area contributed by atoms with Crippen molar-refractivity contribution in [3.05, 3.63) is 42.5 Å². The van der Waals surface area contributed by atoms with Crippen LogP contribution in [-0.2, 0) is 24.4 Å². The van der Waals surface area contributed by atoms with Gasteiger partial charge in [0.25, 0.3) is 0 Å². The van der Waals surface area contributed by atoms with Gasteiger partial charge in [-0.1, -0.05) is 43.7 Å². The van der Waals surface area contributed by atoms with Gasteiger partial charge in [0.05, 0.1) is 11.3 Å². The Kier molecular flexibility index (Phi) is 13.3. The minimum atomic E-state index is -4.22. The van der Waals surface area contributed by atoms with E-state index in [4.69, 9.17) is 5.84 Å². The molecule has 2 amide bonds. The fourth-order valence-corrected chi connectivity index (χ4v) is 5.88. The number of rotatable bonds is 14. The third-order valence-corrected chi connectivity index (χ3v) is 8.37. The number of nitrogens with one attached hydrogen (secondary N) is 2. The van der Waals surface area contributed by atoms with E-state index in [0.29, 0.717) is 24.8 Å². The molecule has 0 bridgehead atoms. The third-order valence-electron chi connectivity index (χ3n) is 6.90. The van der Waals surface area contributed by atoms with E-state index in [1.54, 1.807) is 24.5 Å². The predicted octanol–water partition coefficient (Wildman–Crippen LogP) is 1.74. The number of carboxylic acids is 1. The normalized spacial score (nSPS) is 14.9. The van der Waals surface area contributed by atoms with Crippen LogP contribution in [0.1, 0.15) is 39.0 Å². The Bertz CT molecular complexity index is 1320. The molecule has 0 saturated carbocycles. The molecule has 1 aliphatic heterocycles. The number of carboxylic acid groups (broad SMARTS) is 1. The Morgan fingerprint density at radius 1 is 1.17 bits per heavy atom. The third kappa shape index (κ3) is 10.2. The summed E-state index contributed by atoms with van der Waals surface area (Å²) in [7, 11) is -4.22. The summed E-state index contributed by atoms with van der Waals surface area (Å²) in [5, 5.41) is 17.3. The maximum atomic E-state index is 13.5. The van der Waals surface area contributed by atoms with E-state index in [2.05, 4.69) is 15.1 Å². The number of hydrogen-bond acceptors (Lipinski definition) is 7. The molecule has 3 rings (SSSR count). The molecule has 2 aromatic rings. The summed E-state index contributed by atoms with van der Waals surface area (Å²) in [5.74, 6) is 2.92. The number of unbranched alkanes of at least 4 members (excludes halogenated alkanes) is 1. The molecule has 1 atom stereocenters. The molecule has 1 fully saturated rings. The second-order valence-electron chi connectivity index (χ2n) is 9.94. The molecule has 5 N–H and O–H groups in total. The first kappa shape index (κ1) is 33.8. The van der Waals surface area contributed by atoms with E-state index in [1.165, 1.54) is 12.1 Å². The number of halogens is 1. The van der Waals surface area contributed by atoms with Crippen LogP contribution >= 0.6 is 12.4 Å². The number of nitrogens with two attached hydrogens (primary N) is 1. The minimum Gasteiger partial charge on any atom is -0.480 e. The summed E-state index contributed by atoms with van der Waals surface area (Å²) >= 11 is 0. The van der Waals surface area contributed by atoms with Gasteiger partial charge < -0.3 is 26.1 Å². The predicted molar refractivity (Wildman–Crippen MR) is 159 cm³/mol. The van der Waals surface area contributed by atoms with Gasteiger partial charge in [0.15, 0.2) is 0 Å². The molecule has 1 heterocycles. The quantitative estimate of drug-likeness (QED) is 0.108. The molecule has 0 radical (unpaired) electrons. The Morgan fingerprint density at radius 3 is 2.49 bits per heavy atom. The smallest absolute Gasteiger partial charge is 0.323 e. The van der Waals surface area contributed by atoms with Crippen LogP contribution in [0.25, 0.3) is 10.8 Å². The lowest BCUT2D eigenvalue weighted by molar-refractivity contribution is -0.145. The van der Waals surface area contributed by atoms with Crippen molar-refractivity contribution in [1.82, 2.24) is 19.8 Å². The average Bonchev–Trinajstić information content (AvgIpc) is 2.93. The number of hydrazone groups is 1. The molecule has 0 aromatic heterocycles. The van der Waals surface area contributed by atoms with E-state index >= 15 is 0 Å². The molecule has 226 valence electrons. The van der Waals surface area contributed by atoms with Crippen LogP contribution in [-0.4, -0.2) is 86.2 Å². The first-order valence-electron chi connectivity index (χ1n) is 13.4. The molecule has 12 nitrogen and oxygen atoms in total. The second-order valence-corrected chi connectivity index (χ2v) is 11.7. The van der Waals surface area contributed by atoms with Gasteiger partial charge in [0.1, 0.15) is 18.9 Å². The molecular formula is C27H39ClN6O6S. The number of benzene rings is 2. The van der Waals surface area contributed by atoms with Gasteiger partial charge >= 0.3 is 5.97 Å². The number of piperidine rings is 1. The standard InChI is InChI=1S/C27H38N6O6S.ClH/c1-2-3-12-33(18-26(35)36)27(37)24(16-25(34)29-17-20-10-13-32(14-11-20)19-30-28)31-40(38,39)23-9-8-21-6-4-5-7-22(21)15-23;/h4-9,15,19-20,24,31H,2-3,10-14,16-18,28H2,1H3,(H,29,34)(H,35,36);1H/t24-;/m0./s1. The lowest BCUT2D eigenvalue weighted by Crippen LogP contribution is -2.52. The lowest BCUT2D eigenvalue weighted by Gasteiger charge is -2.30. The summed E-state index contributed by atoms with van der Waals surface area (Å²) in [5.41, 5.74) is 0. The maximum absolute atomic E-state index is 13.5. The number of nitrogens with zero attached hydrogens (tertiary/aromatic N) is 3. The van der Waals surface area contributed by atoms with Gasteiger partial charge in [-0.15, -0.1) is 12.4 Å². The largest absolute Gasteiger partial charge is 0.480 e.